The number of nitrogens with one attached hydrogen (secondary N) is 1. The van der Waals surface area contributed by atoms with Crippen LogP contribution in [0.4, 0.5) is 21.8 Å². The molecule has 0 fully saturated rings. The maximum Gasteiger partial charge on any atom is 0.328 e. The number of nitro benzene ring substituents is 1. The van der Waals surface area contributed by atoms with E-state index >= 15 is 0 Å². The minimum absolute atomic E-state index is 0.232. The average molecular weight is 281 g/mol. The van der Waals surface area contributed by atoms with Crippen molar-refractivity contribution < 1.29 is 18.6 Å². The molecule has 0 radical (unpaired) electrons. The number of nitrogen functional groups attached to an aromatic ring is 1. The molecule has 0 aliphatic heterocycles. The van der Waals surface area contributed by atoms with Gasteiger partial charge in [-0.05, 0) is 13.0 Å². The highest BCUT2D eigenvalue weighted by Crippen LogP contribution is 2.25. The molecule has 0 aliphatic rings. The third-order valence-electron chi connectivity index (χ3n) is 2.30. The zero-order valence-corrected chi connectivity index (χ0v) is 10.1. The molecular formula is C10H8FN5O4. The third-order valence-corrected chi connectivity index (χ3v) is 2.30. The van der Waals surface area contributed by atoms with Crippen molar-refractivity contribution in [3.63, 3.8) is 0 Å². The highest BCUT2D eigenvalue weighted by molar-refractivity contribution is 6.06. The zero-order valence-electron chi connectivity index (χ0n) is 10.1. The Labute approximate surface area is 110 Å². The summed E-state index contributed by atoms with van der Waals surface area (Å²) in [6.07, 6.45) is 0. The summed E-state index contributed by atoms with van der Waals surface area (Å²) in [6, 6.07) is 1.21. The van der Waals surface area contributed by atoms with E-state index in [9.17, 15) is 19.3 Å². The standard InChI is InChI=1S/C10H8FN5O4/c1-4-13-10(20-15-4)14-9(17)5-2-7(12)6(11)3-8(5)16(18)19/h2-3H,12H2,1H3,(H,13,14,15,17). The van der Waals surface area contributed by atoms with Gasteiger partial charge in [-0.15, -0.1) is 0 Å². The number of aryl methyl sites for hydroxylation is 1. The molecule has 9 nitrogen and oxygen atoms in total. The molecule has 1 aromatic carbocycles. The monoisotopic (exact) mass is 281 g/mol. The van der Waals surface area contributed by atoms with Crippen molar-refractivity contribution in [2.75, 3.05) is 11.1 Å². The molecule has 10 heteroatoms. The van der Waals surface area contributed by atoms with E-state index in [0.29, 0.717) is 6.07 Å². The summed E-state index contributed by atoms with van der Waals surface area (Å²) in [6.45, 7) is 1.53. The van der Waals surface area contributed by atoms with Crippen LogP contribution in [0.15, 0.2) is 16.7 Å². The zero-order chi connectivity index (χ0) is 14.9. The molecule has 3 N–H and O–H groups in total. The number of aromatic nitrogens is 2. The van der Waals surface area contributed by atoms with Crippen LogP contribution in [-0.2, 0) is 0 Å². The quantitative estimate of drug-likeness (QED) is 0.490. The molecule has 0 aliphatic carbocycles. The fourth-order valence-electron chi connectivity index (χ4n) is 1.42. The van der Waals surface area contributed by atoms with Crippen LogP contribution in [0.5, 0.6) is 0 Å². The predicted octanol–water partition coefficient (Wildman–Crippen LogP) is 1.26. The van der Waals surface area contributed by atoms with Gasteiger partial charge in [0.2, 0.25) is 0 Å². The van der Waals surface area contributed by atoms with Gasteiger partial charge in [-0.3, -0.25) is 20.2 Å². The molecule has 0 spiro atoms. The minimum atomic E-state index is -0.984. The van der Waals surface area contributed by atoms with Crippen molar-refractivity contribution in [3.05, 3.63) is 39.5 Å². The smallest absolute Gasteiger partial charge is 0.328 e. The summed E-state index contributed by atoms with van der Waals surface area (Å²) in [5.41, 5.74) is 3.78. The molecule has 0 atom stereocenters. The molecule has 1 amide bonds. The number of carbonyl (C=O) groups is 1. The van der Waals surface area contributed by atoms with E-state index in [2.05, 4.69) is 20.0 Å². The normalized spacial score (nSPS) is 10.3. The van der Waals surface area contributed by atoms with Gasteiger partial charge in [0.05, 0.1) is 16.7 Å². The fourth-order valence-corrected chi connectivity index (χ4v) is 1.42. The van der Waals surface area contributed by atoms with E-state index in [4.69, 9.17) is 5.73 Å². The Bertz CT molecular complexity index is 699. The lowest BCUT2D eigenvalue weighted by Crippen LogP contribution is -2.15. The van der Waals surface area contributed by atoms with Crippen molar-refractivity contribution in [2.24, 2.45) is 0 Å². The number of benzene rings is 1. The van der Waals surface area contributed by atoms with Crippen LogP contribution in [0.1, 0.15) is 16.2 Å². The molecule has 1 heterocycles. The Morgan fingerprint density at radius 1 is 1.55 bits per heavy atom. The number of hydrogen-bond acceptors (Lipinski definition) is 7. The van der Waals surface area contributed by atoms with Crippen LogP contribution in [0, 0.1) is 22.9 Å². The number of rotatable bonds is 3. The molecule has 0 bridgehead atoms. The summed E-state index contributed by atoms with van der Waals surface area (Å²) in [5.74, 6) is -1.62. The Morgan fingerprint density at radius 3 is 2.80 bits per heavy atom. The molecule has 2 aromatic rings. The first-order valence-electron chi connectivity index (χ1n) is 5.23. The number of carbonyl (C=O) groups excluding carboxylic acids is 1. The van der Waals surface area contributed by atoms with Crippen LogP contribution in [-0.4, -0.2) is 21.0 Å². The summed E-state index contributed by atoms with van der Waals surface area (Å²) >= 11 is 0. The van der Waals surface area contributed by atoms with Crippen LogP contribution >= 0.6 is 0 Å². The van der Waals surface area contributed by atoms with E-state index < -0.39 is 27.9 Å². The minimum Gasteiger partial charge on any atom is -0.396 e. The SMILES string of the molecule is Cc1noc(NC(=O)c2cc(N)c(F)cc2[N+](=O)[O-])n1. The first kappa shape index (κ1) is 13.4. The van der Waals surface area contributed by atoms with Crippen molar-refractivity contribution in [2.45, 2.75) is 6.92 Å². The number of nitrogens with zero attached hydrogens (tertiary/aromatic N) is 3. The highest BCUT2D eigenvalue weighted by atomic mass is 19.1. The average Bonchev–Trinajstić information content (AvgIpc) is 2.77. The lowest BCUT2D eigenvalue weighted by atomic mass is 10.1. The van der Waals surface area contributed by atoms with Crippen molar-refractivity contribution in [3.8, 4) is 0 Å². The van der Waals surface area contributed by atoms with Gasteiger partial charge in [-0.25, -0.2) is 4.39 Å². The van der Waals surface area contributed by atoms with Gasteiger partial charge < -0.3 is 10.3 Å². The van der Waals surface area contributed by atoms with Gasteiger partial charge in [0.1, 0.15) is 5.56 Å². The van der Waals surface area contributed by atoms with Crippen molar-refractivity contribution >= 4 is 23.3 Å². The maximum atomic E-state index is 13.2. The van der Waals surface area contributed by atoms with Gasteiger partial charge in [-0.1, -0.05) is 5.16 Å². The second-order valence-corrected chi connectivity index (χ2v) is 3.75. The molecule has 1 aromatic heterocycles. The summed E-state index contributed by atoms with van der Waals surface area (Å²) in [7, 11) is 0. The number of anilines is 2. The number of nitrogens with two attached hydrogens (primary N) is 1. The Kier molecular flexibility index (Phi) is 3.29. The summed E-state index contributed by atoms with van der Waals surface area (Å²) in [4.78, 5) is 25.5. The van der Waals surface area contributed by atoms with E-state index in [1.165, 1.54) is 6.92 Å². The molecule has 104 valence electrons. The Hall–Kier alpha value is -3.04. The molecular weight excluding hydrogens is 273 g/mol. The van der Waals surface area contributed by atoms with E-state index in [-0.39, 0.29) is 17.5 Å². The van der Waals surface area contributed by atoms with Gasteiger partial charge in [0.25, 0.3) is 11.6 Å². The molecule has 0 saturated carbocycles. The second kappa shape index (κ2) is 4.91. The number of hydrogen-bond donors (Lipinski definition) is 2. The maximum absolute atomic E-state index is 13.2. The molecule has 0 unspecified atom stereocenters. The van der Waals surface area contributed by atoms with Gasteiger partial charge >= 0.3 is 6.01 Å². The second-order valence-electron chi connectivity index (χ2n) is 3.75. The fraction of sp³-hybridized carbons (Fsp3) is 0.100. The van der Waals surface area contributed by atoms with Crippen LogP contribution < -0.4 is 11.1 Å². The number of nitro groups is 1. The lowest BCUT2D eigenvalue weighted by Gasteiger charge is -2.04. The summed E-state index contributed by atoms with van der Waals surface area (Å²) < 4.78 is 17.9. The molecule has 20 heavy (non-hydrogen) atoms. The van der Waals surface area contributed by atoms with Gasteiger partial charge in [0, 0.05) is 0 Å². The van der Waals surface area contributed by atoms with E-state index in [0.717, 1.165) is 6.07 Å². The van der Waals surface area contributed by atoms with Crippen LogP contribution in [0.25, 0.3) is 0 Å². The van der Waals surface area contributed by atoms with Crippen molar-refractivity contribution in [1.29, 1.82) is 0 Å². The highest BCUT2D eigenvalue weighted by Gasteiger charge is 2.24. The summed E-state index contributed by atoms with van der Waals surface area (Å²) in [5, 5.41) is 16.4. The van der Waals surface area contributed by atoms with E-state index in [1.807, 2.05) is 0 Å². The van der Waals surface area contributed by atoms with Crippen LogP contribution in [0.3, 0.4) is 0 Å². The molecule has 2 rings (SSSR count). The first-order valence-corrected chi connectivity index (χ1v) is 5.23. The lowest BCUT2D eigenvalue weighted by molar-refractivity contribution is -0.385. The largest absolute Gasteiger partial charge is 0.396 e. The van der Waals surface area contributed by atoms with E-state index in [1.54, 1.807) is 0 Å². The Balaban J connectivity index is 2.38. The van der Waals surface area contributed by atoms with Crippen molar-refractivity contribution in [1.82, 2.24) is 10.1 Å². The third kappa shape index (κ3) is 2.53. The molecule has 0 saturated heterocycles. The topological polar surface area (TPSA) is 137 Å². The predicted molar refractivity (Wildman–Crippen MR) is 64.5 cm³/mol. The van der Waals surface area contributed by atoms with Gasteiger partial charge in [-0.2, -0.15) is 4.98 Å². The number of amides is 1. The van der Waals surface area contributed by atoms with Gasteiger partial charge in [0.15, 0.2) is 11.6 Å². The van der Waals surface area contributed by atoms with Crippen LogP contribution in [0.2, 0.25) is 0 Å². The number of halogens is 1. The first-order chi connectivity index (χ1) is 9.38. The Morgan fingerprint density at radius 2 is 2.25 bits per heavy atom.